The smallest absolute Gasteiger partial charge is 0.387 e. The molecule has 1 aliphatic rings. The van der Waals surface area contributed by atoms with Gasteiger partial charge < -0.3 is 10.5 Å². The minimum absolute atomic E-state index is 0.218. The highest BCUT2D eigenvalue weighted by molar-refractivity contribution is 5.36. The van der Waals surface area contributed by atoms with E-state index in [9.17, 15) is 8.78 Å². The van der Waals surface area contributed by atoms with Crippen molar-refractivity contribution in [2.24, 2.45) is 17.6 Å². The van der Waals surface area contributed by atoms with Gasteiger partial charge in [-0.1, -0.05) is 50.8 Å². The maximum atomic E-state index is 12.5. The third kappa shape index (κ3) is 3.48. The summed E-state index contributed by atoms with van der Waals surface area (Å²) in [4.78, 5) is 0. The average Bonchev–Trinajstić information content (AvgIpc) is 2.46. The van der Waals surface area contributed by atoms with Crippen LogP contribution in [0, 0.1) is 11.8 Å². The topological polar surface area (TPSA) is 35.2 Å². The summed E-state index contributed by atoms with van der Waals surface area (Å²) in [5, 5.41) is 0. The van der Waals surface area contributed by atoms with Gasteiger partial charge in [-0.25, -0.2) is 0 Å². The van der Waals surface area contributed by atoms with Crippen LogP contribution < -0.4 is 10.5 Å². The SMILES string of the molecule is CCC1CCCCC1C(N)c1ccccc1OC(F)F. The Balaban J connectivity index is 2.21. The molecule has 112 valence electrons. The number of ether oxygens (including phenoxy) is 1. The van der Waals surface area contributed by atoms with Crippen LogP contribution in [0.2, 0.25) is 0 Å². The molecule has 0 saturated heterocycles. The Morgan fingerprint density at radius 3 is 2.65 bits per heavy atom. The van der Waals surface area contributed by atoms with E-state index in [2.05, 4.69) is 11.7 Å². The summed E-state index contributed by atoms with van der Waals surface area (Å²) in [5.74, 6) is 1.16. The first-order valence-corrected chi connectivity index (χ1v) is 7.42. The summed E-state index contributed by atoms with van der Waals surface area (Å²) in [7, 11) is 0. The molecule has 1 saturated carbocycles. The fourth-order valence-electron chi connectivity index (χ4n) is 3.41. The Kier molecular flexibility index (Phi) is 5.35. The lowest BCUT2D eigenvalue weighted by molar-refractivity contribution is -0.0509. The maximum absolute atomic E-state index is 12.5. The average molecular weight is 283 g/mol. The van der Waals surface area contributed by atoms with Crippen molar-refractivity contribution in [2.45, 2.75) is 51.7 Å². The number of hydrogen-bond acceptors (Lipinski definition) is 2. The molecule has 1 fully saturated rings. The first kappa shape index (κ1) is 15.2. The molecule has 3 atom stereocenters. The van der Waals surface area contributed by atoms with Gasteiger partial charge in [0.15, 0.2) is 0 Å². The van der Waals surface area contributed by atoms with E-state index in [0.717, 1.165) is 12.8 Å². The molecule has 1 aromatic carbocycles. The van der Waals surface area contributed by atoms with Crippen molar-refractivity contribution >= 4 is 0 Å². The highest BCUT2D eigenvalue weighted by atomic mass is 19.3. The molecule has 2 rings (SSSR count). The van der Waals surface area contributed by atoms with Crippen molar-refractivity contribution < 1.29 is 13.5 Å². The molecular weight excluding hydrogens is 260 g/mol. The highest BCUT2D eigenvalue weighted by Gasteiger charge is 2.31. The van der Waals surface area contributed by atoms with Crippen molar-refractivity contribution in [2.75, 3.05) is 0 Å². The van der Waals surface area contributed by atoms with Crippen LogP contribution in [0.25, 0.3) is 0 Å². The van der Waals surface area contributed by atoms with E-state index in [1.54, 1.807) is 12.1 Å². The van der Waals surface area contributed by atoms with E-state index in [0.29, 0.717) is 17.4 Å². The van der Waals surface area contributed by atoms with Crippen LogP contribution in [0.1, 0.15) is 50.6 Å². The lowest BCUT2D eigenvalue weighted by atomic mass is 9.72. The summed E-state index contributed by atoms with van der Waals surface area (Å²) < 4.78 is 29.6. The van der Waals surface area contributed by atoms with Gasteiger partial charge in [0.25, 0.3) is 0 Å². The van der Waals surface area contributed by atoms with Crippen molar-refractivity contribution in [3.63, 3.8) is 0 Å². The number of nitrogens with two attached hydrogens (primary N) is 1. The lowest BCUT2D eigenvalue weighted by Crippen LogP contribution is -2.30. The summed E-state index contributed by atoms with van der Waals surface area (Å²) in [5.41, 5.74) is 7.09. The van der Waals surface area contributed by atoms with Crippen molar-refractivity contribution in [1.82, 2.24) is 0 Å². The molecule has 0 aliphatic heterocycles. The minimum Gasteiger partial charge on any atom is -0.434 e. The molecule has 0 spiro atoms. The molecule has 2 N–H and O–H groups in total. The molecule has 1 aliphatic carbocycles. The molecule has 4 heteroatoms. The van der Waals surface area contributed by atoms with Crippen LogP contribution in [-0.4, -0.2) is 6.61 Å². The minimum atomic E-state index is -2.81. The highest BCUT2D eigenvalue weighted by Crippen LogP contribution is 2.41. The fraction of sp³-hybridized carbons (Fsp3) is 0.625. The third-order valence-corrected chi connectivity index (χ3v) is 4.45. The molecule has 1 aromatic rings. The second kappa shape index (κ2) is 7.02. The molecule has 3 unspecified atom stereocenters. The number of alkyl halides is 2. The van der Waals surface area contributed by atoms with Crippen LogP contribution in [0.5, 0.6) is 5.75 Å². The van der Waals surface area contributed by atoms with Gasteiger partial charge in [-0.3, -0.25) is 0 Å². The zero-order chi connectivity index (χ0) is 14.5. The van der Waals surface area contributed by atoms with Crippen LogP contribution >= 0.6 is 0 Å². The zero-order valence-electron chi connectivity index (χ0n) is 11.9. The van der Waals surface area contributed by atoms with Gasteiger partial charge in [-0.05, 0) is 24.3 Å². The van der Waals surface area contributed by atoms with E-state index in [4.69, 9.17) is 5.73 Å². The van der Waals surface area contributed by atoms with Crippen molar-refractivity contribution in [1.29, 1.82) is 0 Å². The Bertz CT molecular complexity index is 425. The molecule has 0 amide bonds. The van der Waals surface area contributed by atoms with E-state index in [1.807, 2.05) is 12.1 Å². The van der Waals surface area contributed by atoms with E-state index in [1.165, 1.54) is 19.3 Å². The van der Waals surface area contributed by atoms with Gasteiger partial charge in [-0.2, -0.15) is 8.78 Å². The molecule has 2 nitrogen and oxygen atoms in total. The lowest BCUT2D eigenvalue weighted by Gasteiger charge is -2.35. The second-order valence-corrected chi connectivity index (χ2v) is 5.56. The molecule has 0 bridgehead atoms. The molecule has 0 radical (unpaired) electrons. The third-order valence-electron chi connectivity index (χ3n) is 4.45. The molecule has 20 heavy (non-hydrogen) atoms. The van der Waals surface area contributed by atoms with Gasteiger partial charge in [0, 0.05) is 11.6 Å². The summed E-state index contributed by atoms with van der Waals surface area (Å²) in [6, 6.07) is 6.69. The van der Waals surface area contributed by atoms with Gasteiger partial charge in [0.1, 0.15) is 5.75 Å². The quantitative estimate of drug-likeness (QED) is 0.863. The Morgan fingerprint density at radius 1 is 1.25 bits per heavy atom. The second-order valence-electron chi connectivity index (χ2n) is 5.56. The first-order chi connectivity index (χ1) is 9.63. The molecule has 0 aromatic heterocycles. The van der Waals surface area contributed by atoms with Crippen molar-refractivity contribution in [3.8, 4) is 5.75 Å². The van der Waals surface area contributed by atoms with E-state index >= 15 is 0 Å². The van der Waals surface area contributed by atoms with Crippen molar-refractivity contribution in [3.05, 3.63) is 29.8 Å². The van der Waals surface area contributed by atoms with Gasteiger partial charge in [-0.15, -0.1) is 0 Å². The number of hydrogen-bond donors (Lipinski definition) is 1. The van der Waals surface area contributed by atoms with Crippen LogP contribution in [-0.2, 0) is 0 Å². The van der Waals surface area contributed by atoms with Gasteiger partial charge >= 0.3 is 6.61 Å². The monoisotopic (exact) mass is 283 g/mol. The standard InChI is InChI=1S/C16H23F2NO/c1-2-11-7-3-4-8-12(11)15(19)13-9-5-6-10-14(13)20-16(17)18/h5-6,9-12,15-16H,2-4,7-8,19H2,1H3. The molecular formula is C16H23F2NO. The summed E-state index contributed by atoms with van der Waals surface area (Å²) in [6.07, 6.45) is 5.77. The normalized spacial score (nSPS) is 24.6. The number of rotatable bonds is 5. The van der Waals surface area contributed by atoms with E-state index in [-0.39, 0.29) is 11.8 Å². The largest absolute Gasteiger partial charge is 0.434 e. The van der Waals surface area contributed by atoms with Gasteiger partial charge in [0.05, 0.1) is 0 Å². The van der Waals surface area contributed by atoms with Crippen LogP contribution in [0.4, 0.5) is 8.78 Å². The Hall–Kier alpha value is -1.16. The maximum Gasteiger partial charge on any atom is 0.387 e. The summed E-state index contributed by atoms with van der Waals surface area (Å²) in [6.45, 7) is -0.631. The number of halogens is 2. The number of para-hydroxylation sites is 1. The van der Waals surface area contributed by atoms with Crippen LogP contribution in [0.3, 0.4) is 0 Å². The van der Waals surface area contributed by atoms with E-state index < -0.39 is 6.61 Å². The predicted molar refractivity (Wildman–Crippen MR) is 75.7 cm³/mol. The Labute approximate surface area is 119 Å². The van der Waals surface area contributed by atoms with Crippen LogP contribution in [0.15, 0.2) is 24.3 Å². The Morgan fingerprint density at radius 2 is 1.95 bits per heavy atom. The predicted octanol–water partition coefficient (Wildman–Crippen LogP) is 4.50. The molecule has 0 heterocycles. The first-order valence-electron chi connectivity index (χ1n) is 7.42. The zero-order valence-corrected chi connectivity index (χ0v) is 11.9. The van der Waals surface area contributed by atoms with Gasteiger partial charge in [0.2, 0.25) is 0 Å². The number of benzene rings is 1. The summed E-state index contributed by atoms with van der Waals surface area (Å²) >= 11 is 0. The fourth-order valence-corrected chi connectivity index (χ4v) is 3.41.